The standard InChI is InChI=1S/C17H24N2O/c20-17(7-6-14-8-10-18-12-14)19-11-9-16(13-19)15-4-2-1-3-5-15/h1-5,14,16,18H,6-13H2. The third-order valence-corrected chi connectivity index (χ3v) is 4.74. The van der Waals surface area contributed by atoms with Gasteiger partial charge >= 0.3 is 0 Å². The van der Waals surface area contributed by atoms with Gasteiger partial charge in [-0.05, 0) is 43.8 Å². The van der Waals surface area contributed by atoms with Gasteiger partial charge in [-0.2, -0.15) is 0 Å². The zero-order valence-electron chi connectivity index (χ0n) is 12.1. The van der Waals surface area contributed by atoms with Gasteiger partial charge in [-0.3, -0.25) is 4.79 Å². The summed E-state index contributed by atoms with van der Waals surface area (Å²) in [6.07, 6.45) is 4.13. The van der Waals surface area contributed by atoms with Crippen LogP contribution in [0.5, 0.6) is 0 Å². The Hall–Kier alpha value is -1.35. The van der Waals surface area contributed by atoms with E-state index in [9.17, 15) is 4.79 Å². The Bertz CT molecular complexity index is 440. The number of carbonyl (C=O) groups is 1. The number of nitrogens with zero attached hydrogens (tertiary/aromatic N) is 1. The first-order valence-electron chi connectivity index (χ1n) is 7.86. The summed E-state index contributed by atoms with van der Waals surface area (Å²) in [5.74, 6) is 1.61. The maximum absolute atomic E-state index is 12.3. The number of hydrogen-bond acceptors (Lipinski definition) is 2. The number of likely N-dealkylation sites (tertiary alicyclic amines) is 1. The summed E-state index contributed by atoms with van der Waals surface area (Å²) in [4.78, 5) is 14.4. The van der Waals surface area contributed by atoms with E-state index < -0.39 is 0 Å². The highest BCUT2D eigenvalue weighted by Gasteiger charge is 2.27. The second kappa shape index (κ2) is 6.40. The molecule has 2 fully saturated rings. The average molecular weight is 272 g/mol. The largest absolute Gasteiger partial charge is 0.342 e. The molecule has 1 aromatic carbocycles. The fraction of sp³-hybridized carbons (Fsp3) is 0.588. The van der Waals surface area contributed by atoms with Gasteiger partial charge in [0.1, 0.15) is 0 Å². The van der Waals surface area contributed by atoms with Gasteiger partial charge in [-0.15, -0.1) is 0 Å². The SMILES string of the molecule is O=C(CCC1CCNC1)N1CCC(c2ccccc2)C1. The van der Waals surface area contributed by atoms with E-state index in [1.54, 1.807) is 0 Å². The minimum atomic E-state index is 0.357. The first-order valence-corrected chi connectivity index (χ1v) is 7.86. The lowest BCUT2D eigenvalue weighted by Crippen LogP contribution is -2.28. The Morgan fingerprint density at radius 3 is 2.85 bits per heavy atom. The minimum absolute atomic E-state index is 0.357. The van der Waals surface area contributed by atoms with Gasteiger partial charge in [0, 0.05) is 25.4 Å². The predicted molar refractivity (Wildman–Crippen MR) is 80.6 cm³/mol. The molecule has 1 aromatic rings. The van der Waals surface area contributed by atoms with Crippen LogP contribution in [0.1, 0.15) is 37.2 Å². The summed E-state index contributed by atoms with van der Waals surface area (Å²) in [5.41, 5.74) is 1.38. The van der Waals surface area contributed by atoms with Gasteiger partial charge in [-0.1, -0.05) is 30.3 Å². The molecule has 3 heteroatoms. The molecule has 0 aromatic heterocycles. The van der Waals surface area contributed by atoms with Gasteiger partial charge in [0.15, 0.2) is 0 Å². The van der Waals surface area contributed by atoms with Crippen LogP contribution in [0.25, 0.3) is 0 Å². The Morgan fingerprint density at radius 1 is 1.25 bits per heavy atom. The average Bonchev–Trinajstić information content (AvgIpc) is 3.17. The van der Waals surface area contributed by atoms with E-state index in [2.05, 4.69) is 40.5 Å². The lowest BCUT2D eigenvalue weighted by atomic mass is 9.99. The Labute approximate surface area is 121 Å². The number of nitrogens with one attached hydrogen (secondary N) is 1. The second-order valence-electron chi connectivity index (χ2n) is 6.13. The van der Waals surface area contributed by atoms with Crippen molar-refractivity contribution in [2.75, 3.05) is 26.2 Å². The normalized spacial score (nSPS) is 26.1. The zero-order valence-corrected chi connectivity index (χ0v) is 12.1. The van der Waals surface area contributed by atoms with Crippen molar-refractivity contribution in [2.24, 2.45) is 5.92 Å². The van der Waals surface area contributed by atoms with Crippen LogP contribution in [-0.4, -0.2) is 37.0 Å². The number of benzene rings is 1. The van der Waals surface area contributed by atoms with Crippen molar-refractivity contribution in [3.05, 3.63) is 35.9 Å². The molecule has 1 amide bonds. The molecule has 1 N–H and O–H groups in total. The van der Waals surface area contributed by atoms with Gasteiger partial charge in [0.2, 0.25) is 5.91 Å². The highest BCUT2D eigenvalue weighted by molar-refractivity contribution is 5.76. The highest BCUT2D eigenvalue weighted by Crippen LogP contribution is 2.27. The highest BCUT2D eigenvalue weighted by atomic mass is 16.2. The van der Waals surface area contributed by atoms with E-state index in [0.717, 1.165) is 45.4 Å². The second-order valence-corrected chi connectivity index (χ2v) is 6.13. The predicted octanol–water partition coefficient (Wildman–Crippen LogP) is 2.39. The zero-order chi connectivity index (χ0) is 13.8. The molecule has 2 atom stereocenters. The van der Waals surface area contributed by atoms with Crippen LogP contribution in [0.4, 0.5) is 0 Å². The number of amides is 1. The molecule has 0 radical (unpaired) electrons. The molecule has 0 saturated carbocycles. The van der Waals surface area contributed by atoms with Crippen molar-refractivity contribution in [1.82, 2.24) is 10.2 Å². The van der Waals surface area contributed by atoms with Gasteiger partial charge < -0.3 is 10.2 Å². The van der Waals surface area contributed by atoms with E-state index in [1.807, 2.05) is 0 Å². The van der Waals surface area contributed by atoms with Crippen molar-refractivity contribution in [1.29, 1.82) is 0 Å². The third kappa shape index (κ3) is 3.21. The smallest absolute Gasteiger partial charge is 0.222 e. The van der Waals surface area contributed by atoms with Crippen LogP contribution in [0.3, 0.4) is 0 Å². The van der Waals surface area contributed by atoms with Crippen LogP contribution < -0.4 is 5.32 Å². The molecular formula is C17H24N2O. The van der Waals surface area contributed by atoms with Gasteiger partial charge in [0.05, 0.1) is 0 Å². The van der Waals surface area contributed by atoms with Crippen LogP contribution in [-0.2, 0) is 4.79 Å². The Balaban J connectivity index is 1.48. The van der Waals surface area contributed by atoms with Gasteiger partial charge in [0.25, 0.3) is 0 Å². The Morgan fingerprint density at radius 2 is 2.10 bits per heavy atom. The maximum atomic E-state index is 12.3. The van der Waals surface area contributed by atoms with E-state index in [4.69, 9.17) is 0 Å². The number of rotatable bonds is 4. The molecular weight excluding hydrogens is 248 g/mol. The lowest BCUT2D eigenvalue weighted by molar-refractivity contribution is -0.130. The summed E-state index contributed by atoms with van der Waals surface area (Å²) in [5, 5.41) is 3.37. The quantitative estimate of drug-likeness (QED) is 0.913. The van der Waals surface area contributed by atoms with Crippen molar-refractivity contribution in [3.8, 4) is 0 Å². The molecule has 2 unspecified atom stereocenters. The van der Waals surface area contributed by atoms with Crippen LogP contribution in [0.15, 0.2) is 30.3 Å². The van der Waals surface area contributed by atoms with Crippen molar-refractivity contribution >= 4 is 5.91 Å². The fourth-order valence-corrected chi connectivity index (χ4v) is 3.43. The van der Waals surface area contributed by atoms with Crippen LogP contribution in [0.2, 0.25) is 0 Å². The fourth-order valence-electron chi connectivity index (χ4n) is 3.43. The van der Waals surface area contributed by atoms with Gasteiger partial charge in [-0.25, -0.2) is 0 Å². The molecule has 108 valence electrons. The van der Waals surface area contributed by atoms with Crippen LogP contribution >= 0.6 is 0 Å². The van der Waals surface area contributed by atoms with E-state index in [1.165, 1.54) is 12.0 Å². The van der Waals surface area contributed by atoms with E-state index in [0.29, 0.717) is 17.7 Å². The summed E-state index contributed by atoms with van der Waals surface area (Å²) < 4.78 is 0. The molecule has 0 bridgehead atoms. The summed E-state index contributed by atoms with van der Waals surface area (Å²) in [6, 6.07) is 10.6. The molecule has 2 aliphatic rings. The topological polar surface area (TPSA) is 32.3 Å². The van der Waals surface area contributed by atoms with E-state index >= 15 is 0 Å². The van der Waals surface area contributed by atoms with Crippen molar-refractivity contribution in [2.45, 2.75) is 31.6 Å². The summed E-state index contributed by atoms with van der Waals surface area (Å²) >= 11 is 0. The summed E-state index contributed by atoms with van der Waals surface area (Å²) in [7, 11) is 0. The first kappa shape index (κ1) is 13.6. The van der Waals surface area contributed by atoms with Crippen molar-refractivity contribution < 1.29 is 4.79 Å². The molecule has 3 nitrogen and oxygen atoms in total. The molecule has 2 heterocycles. The van der Waals surface area contributed by atoms with Crippen LogP contribution in [0, 0.1) is 5.92 Å². The monoisotopic (exact) mass is 272 g/mol. The molecule has 3 rings (SSSR count). The Kier molecular flexibility index (Phi) is 4.36. The number of carbonyl (C=O) groups excluding carboxylic acids is 1. The number of hydrogen-bond donors (Lipinski definition) is 1. The molecule has 20 heavy (non-hydrogen) atoms. The minimum Gasteiger partial charge on any atom is -0.342 e. The van der Waals surface area contributed by atoms with Crippen molar-refractivity contribution in [3.63, 3.8) is 0 Å². The molecule has 0 aliphatic carbocycles. The molecule has 0 spiro atoms. The first-order chi connectivity index (χ1) is 9.83. The summed E-state index contributed by atoms with van der Waals surface area (Å²) in [6.45, 7) is 4.06. The molecule has 2 saturated heterocycles. The third-order valence-electron chi connectivity index (χ3n) is 4.74. The van der Waals surface area contributed by atoms with E-state index in [-0.39, 0.29) is 0 Å². The maximum Gasteiger partial charge on any atom is 0.222 e. The molecule has 2 aliphatic heterocycles. The lowest BCUT2D eigenvalue weighted by Gasteiger charge is -2.18.